The molecule has 2 unspecified atom stereocenters. The third-order valence-electron chi connectivity index (χ3n) is 3.00. The number of hydrogen-bond acceptors (Lipinski definition) is 5. The van der Waals surface area contributed by atoms with Gasteiger partial charge >= 0.3 is 0 Å². The van der Waals surface area contributed by atoms with E-state index in [0.29, 0.717) is 18.5 Å². The van der Waals surface area contributed by atoms with Crippen LogP contribution in [-0.4, -0.2) is 29.1 Å². The number of rotatable bonds is 4. The maximum Gasteiger partial charge on any atom is 0.0647 e. The highest BCUT2D eigenvalue weighted by molar-refractivity contribution is 5.12. The zero-order valence-electron chi connectivity index (χ0n) is 9.61. The van der Waals surface area contributed by atoms with Crippen LogP contribution < -0.4 is 16.6 Å². The first-order valence-electron chi connectivity index (χ1n) is 5.80. The Morgan fingerprint density at radius 2 is 2.31 bits per heavy atom. The van der Waals surface area contributed by atoms with Gasteiger partial charge in [-0.3, -0.25) is 20.8 Å². The van der Waals surface area contributed by atoms with Gasteiger partial charge in [0.05, 0.1) is 11.4 Å². The lowest BCUT2D eigenvalue weighted by Crippen LogP contribution is -2.28. The second-order valence-electron chi connectivity index (χ2n) is 4.25. The van der Waals surface area contributed by atoms with E-state index < -0.39 is 0 Å². The third-order valence-corrected chi connectivity index (χ3v) is 3.00. The van der Waals surface area contributed by atoms with Gasteiger partial charge in [-0.05, 0) is 26.3 Å². The standard InChI is InChI=1S/C11H19N5/c1-8-10(6-15-16-8)11-7-13-9(5-14-11)3-2-4-12/h5,7-8,10,15-16H,2-4,6,12H2,1H3. The molecule has 5 heteroatoms. The molecule has 1 aliphatic heterocycles. The summed E-state index contributed by atoms with van der Waals surface area (Å²) in [5, 5.41) is 0. The van der Waals surface area contributed by atoms with E-state index in [0.717, 1.165) is 30.8 Å². The zero-order chi connectivity index (χ0) is 11.4. The van der Waals surface area contributed by atoms with Gasteiger partial charge in [-0.15, -0.1) is 0 Å². The van der Waals surface area contributed by atoms with Crippen LogP contribution >= 0.6 is 0 Å². The Morgan fingerprint density at radius 3 is 2.88 bits per heavy atom. The van der Waals surface area contributed by atoms with Crippen LogP contribution in [0.25, 0.3) is 0 Å². The van der Waals surface area contributed by atoms with Gasteiger partial charge in [-0.2, -0.15) is 0 Å². The molecule has 16 heavy (non-hydrogen) atoms. The number of hydrogen-bond donors (Lipinski definition) is 3. The van der Waals surface area contributed by atoms with Crippen molar-refractivity contribution in [3.63, 3.8) is 0 Å². The van der Waals surface area contributed by atoms with E-state index in [2.05, 4.69) is 27.7 Å². The van der Waals surface area contributed by atoms with Crippen molar-refractivity contribution in [2.24, 2.45) is 5.73 Å². The van der Waals surface area contributed by atoms with Gasteiger partial charge in [0, 0.05) is 30.9 Å². The molecule has 1 fully saturated rings. The fraction of sp³-hybridized carbons (Fsp3) is 0.636. The van der Waals surface area contributed by atoms with Gasteiger partial charge in [0.25, 0.3) is 0 Å². The molecular formula is C11H19N5. The van der Waals surface area contributed by atoms with Crippen LogP contribution in [0.15, 0.2) is 12.4 Å². The smallest absolute Gasteiger partial charge is 0.0647 e. The average molecular weight is 221 g/mol. The molecule has 88 valence electrons. The molecule has 2 heterocycles. The van der Waals surface area contributed by atoms with E-state index in [-0.39, 0.29) is 0 Å². The highest BCUT2D eigenvalue weighted by Crippen LogP contribution is 2.19. The molecule has 0 spiro atoms. The zero-order valence-corrected chi connectivity index (χ0v) is 9.61. The van der Waals surface area contributed by atoms with Crippen LogP contribution in [0.5, 0.6) is 0 Å². The maximum atomic E-state index is 5.46. The van der Waals surface area contributed by atoms with E-state index >= 15 is 0 Å². The van der Waals surface area contributed by atoms with Gasteiger partial charge in [0.15, 0.2) is 0 Å². The second-order valence-corrected chi connectivity index (χ2v) is 4.25. The van der Waals surface area contributed by atoms with Crippen LogP contribution in [0.1, 0.15) is 30.7 Å². The Morgan fingerprint density at radius 1 is 1.44 bits per heavy atom. The summed E-state index contributed by atoms with van der Waals surface area (Å²) in [7, 11) is 0. The van der Waals surface area contributed by atoms with Gasteiger partial charge < -0.3 is 5.73 Å². The van der Waals surface area contributed by atoms with Crippen molar-refractivity contribution in [2.45, 2.75) is 31.7 Å². The number of nitrogens with zero attached hydrogens (tertiary/aromatic N) is 2. The normalized spacial score (nSPS) is 24.9. The molecule has 2 rings (SSSR count). The number of aryl methyl sites for hydroxylation is 1. The molecule has 0 aliphatic carbocycles. The first-order chi connectivity index (χ1) is 7.81. The molecule has 2 atom stereocenters. The highest BCUT2D eigenvalue weighted by Gasteiger charge is 2.25. The molecule has 4 N–H and O–H groups in total. The van der Waals surface area contributed by atoms with Crippen LogP contribution in [0.3, 0.4) is 0 Å². The molecule has 5 nitrogen and oxygen atoms in total. The fourth-order valence-corrected chi connectivity index (χ4v) is 1.94. The average Bonchev–Trinajstić information content (AvgIpc) is 2.74. The van der Waals surface area contributed by atoms with Crippen molar-refractivity contribution in [3.8, 4) is 0 Å². The molecule has 0 saturated carbocycles. The minimum atomic E-state index is 0.407. The second kappa shape index (κ2) is 5.34. The third kappa shape index (κ3) is 2.55. The summed E-state index contributed by atoms with van der Waals surface area (Å²) in [5.41, 5.74) is 13.9. The number of hydrazine groups is 1. The van der Waals surface area contributed by atoms with Crippen molar-refractivity contribution in [1.29, 1.82) is 0 Å². The van der Waals surface area contributed by atoms with Crippen LogP contribution in [0.2, 0.25) is 0 Å². The molecule has 1 aromatic rings. The first-order valence-corrected chi connectivity index (χ1v) is 5.80. The Kier molecular flexibility index (Phi) is 3.82. The summed E-state index contributed by atoms with van der Waals surface area (Å²) in [6, 6.07) is 0.407. The first kappa shape index (κ1) is 11.4. The van der Waals surface area contributed by atoms with Crippen molar-refractivity contribution in [3.05, 3.63) is 23.8 Å². The van der Waals surface area contributed by atoms with E-state index in [4.69, 9.17) is 5.73 Å². The van der Waals surface area contributed by atoms with Crippen LogP contribution in [0, 0.1) is 0 Å². The number of aromatic nitrogens is 2. The molecule has 0 radical (unpaired) electrons. The monoisotopic (exact) mass is 221 g/mol. The Balaban J connectivity index is 2.01. The topological polar surface area (TPSA) is 75.9 Å². The lowest BCUT2D eigenvalue weighted by Gasteiger charge is -2.12. The summed E-state index contributed by atoms with van der Waals surface area (Å²) < 4.78 is 0. The minimum absolute atomic E-state index is 0.407. The van der Waals surface area contributed by atoms with Crippen LogP contribution in [-0.2, 0) is 6.42 Å². The summed E-state index contributed by atoms with van der Waals surface area (Å²) in [5.74, 6) is 0.413. The molecule has 1 aromatic heterocycles. The van der Waals surface area contributed by atoms with Gasteiger partial charge in [0.2, 0.25) is 0 Å². The maximum absolute atomic E-state index is 5.46. The van der Waals surface area contributed by atoms with Gasteiger partial charge in [-0.25, -0.2) is 0 Å². The van der Waals surface area contributed by atoms with E-state index in [1.54, 1.807) is 0 Å². The minimum Gasteiger partial charge on any atom is -0.330 e. The van der Waals surface area contributed by atoms with Gasteiger partial charge in [0.1, 0.15) is 0 Å². The van der Waals surface area contributed by atoms with Crippen molar-refractivity contribution in [1.82, 2.24) is 20.8 Å². The SMILES string of the molecule is CC1NNCC1c1cnc(CCCN)cn1. The molecule has 0 bridgehead atoms. The quantitative estimate of drug-likeness (QED) is 0.664. The fourth-order valence-electron chi connectivity index (χ4n) is 1.94. The Labute approximate surface area is 95.8 Å². The summed E-state index contributed by atoms with van der Waals surface area (Å²) in [6.45, 7) is 3.77. The van der Waals surface area contributed by atoms with E-state index in [1.807, 2.05) is 12.4 Å². The van der Waals surface area contributed by atoms with Gasteiger partial charge in [-0.1, -0.05) is 0 Å². The molecular weight excluding hydrogens is 202 g/mol. The van der Waals surface area contributed by atoms with Crippen molar-refractivity contribution >= 4 is 0 Å². The van der Waals surface area contributed by atoms with Crippen LogP contribution in [0.4, 0.5) is 0 Å². The van der Waals surface area contributed by atoms with E-state index in [9.17, 15) is 0 Å². The lowest BCUT2D eigenvalue weighted by atomic mass is 10.0. The van der Waals surface area contributed by atoms with Crippen molar-refractivity contribution < 1.29 is 0 Å². The predicted molar refractivity (Wildman–Crippen MR) is 62.7 cm³/mol. The largest absolute Gasteiger partial charge is 0.330 e. The Hall–Kier alpha value is -1.04. The Bertz CT molecular complexity index is 324. The molecule has 1 saturated heterocycles. The lowest BCUT2D eigenvalue weighted by molar-refractivity contribution is 0.563. The molecule has 1 aliphatic rings. The molecule has 0 amide bonds. The van der Waals surface area contributed by atoms with E-state index in [1.165, 1.54) is 0 Å². The summed E-state index contributed by atoms with van der Waals surface area (Å²) >= 11 is 0. The predicted octanol–water partition coefficient (Wildman–Crippen LogP) is -0.0522. The number of nitrogens with two attached hydrogens (primary N) is 1. The molecule has 0 aromatic carbocycles. The number of nitrogens with one attached hydrogen (secondary N) is 2. The van der Waals surface area contributed by atoms with Crippen molar-refractivity contribution in [2.75, 3.05) is 13.1 Å². The summed E-state index contributed by atoms with van der Waals surface area (Å²) in [4.78, 5) is 8.90. The summed E-state index contributed by atoms with van der Waals surface area (Å²) in [6.07, 6.45) is 5.65. The highest BCUT2D eigenvalue weighted by atomic mass is 15.4.